The molecule has 0 N–H and O–H groups in total. The summed E-state index contributed by atoms with van der Waals surface area (Å²) >= 11 is 0. The van der Waals surface area contributed by atoms with Crippen molar-refractivity contribution in [2.24, 2.45) is 0 Å². The van der Waals surface area contributed by atoms with Crippen LogP contribution in [0.3, 0.4) is 0 Å². The number of benzene rings is 13. The molecule has 13 aromatic carbocycles. The minimum absolute atomic E-state index is 1.15. The summed E-state index contributed by atoms with van der Waals surface area (Å²) in [5.74, 6) is 0. The molecule has 0 spiro atoms. The molecule has 73 heavy (non-hydrogen) atoms. The highest BCUT2D eigenvalue weighted by Crippen LogP contribution is 2.47. The van der Waals surface area contributed by atoms with Gasteiger partial charge in [0.05, 0.1) is 33.1 Å². The van der Waals surface area contributed by atoms with Crippen LogP contribution < -0.4 is 0 Å². The van der Waals surface area contributed by atoms with Crippen molar-refractivity contribution in [1.29, 1.82) is 0 Å². The molecule has 16 aromatic rings. The van der Waals surface area contributed by atoms with E-state index in [1.807, 2.05) is 0 Å². The second-order valence-electron chi connectivity index (χ2n) is 19.6. The van der Waals surface area contributed by atoms with E-state index >= 15 is 0 Å². The maximum atomic E-state index is 2.45. The minimum atomic E-state index is 1.15. The first-order valence-corrected chi connectivity index (χ1v) is 25.3. The van der Waals surface area contributed by atoms with Crippen LogP contribution in [0.5, 0.6) is 0 Å². The van der Waals surface area contributed by atoms with Gasteiger partial charge in [-0.3, -0.25) is 0 Å². The molecule has 0 aliphatic rings. The van der Waals surface area contributed by atoms with Gasteiger partial charge in [-0.15, -0.1) is 0 Å². The normalized spacial score (nSPS) is 12.1. The van der Waals surface area contributed by atoms with Crippen LogP contribution in [0, 0.1) is 0 Å². The molecule has 338 valence electrons. The fourth-order valence-electron chi connectivity index (χ4n) is 12.6. The van der Waals surface area contributed by atoms with Crippen molar-refractivity contribution in [3.63, 3.8) is 0 Å². The number of hydrogen-bond acceptors (Lipinski definition) is 0. The summed E-state index contributed by atoms with van der Waals surface area (Å²) in [6.45, 7) is 0. The van der Waals surface area contributed by atoms with Crippen LogP contribution in [0.25, 0.3) is 148 Å². The lowest BCUT2D eigenvalue weighted by Crippen LogP contribution is -1.96. The Bertz CT molecular complexity index is 4540. The van der Waals surface area contributed by atoms with Crippen LogP contribution in [-0.4, -0.2) is 13.7 Å². The van der Waals surface area contributed by atoms with E-state index in [4.69, 9.17) is 0 Å². The molecule has 0 unspecified atom stereocenters. The Balaban J connectivity index is 0.884. The summed E-state index contributed by atoms with van der Waals surface area (Å²) in [5, 5.41) is 15.2. The van der Waals surface area contributed by atoms with Crippen molar-refractivity contribution < 1.29 is 0 Å². The Morgan fingerprint density at radius 1 is 0.192 bits per heavy atom. The molecular formula is C70H43N3. The van der Waals surface area contributed by atoms with Gasteiger partial charge in [0.25, 0.3) is 0 Å². The van der Waals surface area contributed by atoms with Gasteiger partial charge >= 0.3 is 0 Å². The molecule has 3 heterocycles. The van der Waals surface area contributed by atoms with Gasteiger partial charge in [0, 0.05) is 49.4 Å². The van der Waals surface area contributed by atoms with Crippen LogP contribution in [0.1, 0.15) is 0 Å². The molecule has 0 radical (unpaired) electrons. The largest absolute Gasteiger partial charge is 0.309 e. The van der Waals surface area contributed by atoms with E-state index in [9.17, 15) is 0 Å². The Labute approximate surface area is 420 Å². The molecule has 3 heteroatoms. The van der Waals surface area contributed by atoms with E-state index in [1.165, 1.54) is 131 Å². The Hall–Kier alpha value is -9.70. The molecule has 0 atom stereocenters. The number of fused-ring (bicyclic) bond motifs is 9. The van der Waals surface area contributed by atoms with Crippen molar-refractivity contribution in [2.75, 3.05) is 0 Å². The van der Waals surface area contributed by atoms with E-state index in [2.05, 4.69) is 275 Å². The third-order valence-corrected chi connectivity index (χ3v) is 15.8. The van der Waals surface area contributed by atoms with Crippen LogP contribution >= 0.6 is 0 Å². The van der Waals surface area contributed by atoms with Gasteiger partial charge in [-0.05, 0) is 145 Å². The fraction of sp³-hybridized carbons (Fsp3) is 0. The summed E-state index contributed by atoms with van der Waals surface area (Å²) < 4.78 is 7.20. The van der Waals surface area contributed by atoms with Gasteiger partial charge < -0.3 is 13.7 Å². The highest BCUT2D eigenvalue weighted by atomic mass is 15.0. The highest BCUT2D eigenvalue weighted by Gasteiger charge is 2.21. The smallest absolute Gasteiger partial charge is 0.0541 e. The molecule has 0 aliphatic carbocycles. The lowest BCUT2D eigenvalue weighted by Gasteiger charge is -2.20. The average Bonchev–Trinajstić information content (AvgIpc) is 4.11. The number of para-hydroxylation sites is 6. The standard InChI is InChI=1S/C70H43N3/c1-7-19-63-52(13-1)53-14-2-8-20-64(53)71(63)48-33-25-44(26-34-48)51-39-31-47-32-40-59-61(45-27-35-49(36-28-45)72-65-21-9-3-15-54(65)55-16-4-10-22-66(55)72)43-62(60-42-41-58(51)69(47)70(59)60)46-29-37-50(38-30-46)73-67-23-11-5-17-56(67)57-18-6-12-24-68(57)73/h1-43H. The van der Waals surface area contributed by atoms with Gasteiger partial charge in [-0.2, -0.15) is 0 Å². The number of aromatic nitrogens is 3. The quantitative estimate of drug-likeness (QED) is 0.148. The number of nitrogens with zero attached hydrogens (tertiary/aromatic N) is 3. The molecule has 3 nitrogen and oxygen atoms in total. The van der Waals surface area contributed by atoms with Crippen molar-refractivity contribution in [3.8, 4) is 50.4 Å². The first kappa shape index (κ1) is 40.1. The van der Waals surface area contributed by atoms with Crippen LogP contribution in [0.15, 0.2) is 261 Å². The summed E-state index contributed by atoms with van der Waals surface area (Å²) in [6.07, 6.45) is 0. The first-order chi connectivity index (χ1) is 36.2. The van der Waals surface area contributed by atoms with Crippen molar-refractivity contribution in [1.82, 2.24) is 13.7 Å². The summed E-state index contributed by atoms with van der Waals surface area (Å²) in [6, 6.07) is 96.6. The Kier molecular flexibility index (Phi) is 8.45. The molecule has 0 bridgehead atoms. The van der Waals surface area contributed by atoms with Crippen molar-refractivity contribution in [3.05, 3.63) is 261 Å². The van der Waals surface area contributed by atoms with Crippen LogP contribution in [0.2, 0.25) is 0 Å². The molecule has 0 saturated heterocycles. The molecule has 3 aromatic heterocycles. The third-order valence-electron chi connectivity index (χ3n) is 15.8. The predicted molar refractivity (Wildman–Crippen MR) is 309 cm³/mol. The topological polar surface area (TPSA) is 14.8 Å². The highest BCUT2D eigenvalue weighted by molar-refractivity contribution is 6.30. The zero-order chi connectivity index (χ0) is 47.7. The second-order valence-corrected chi connectivity index (χ2v) is 19.6. The third kappa shape index (κ3) is 5.82. The van der Waals surface area contributed by atoms with Crippen molar-refractivity contribution >= 4 is 97.7 Å². The lowest BCUT2D eigenvalue weighted by atomic mass is 9.84. The molecule has 16 rings (SSSR count). The Morgan fingerprint density at radius 2 is 0.466 bits per heavy atom. The fourth-order valence-corrected chi connectivity index (χ4v) is 12.6. The predicted octanol–water partition coefficient (Wildman–Crippen LogP) is 18.9. The van der Waals surface area contributed by atoms with Gasteiger partial charge in [0.2, 0.25) is 0 Å². The maximum absolute atomic E-state index is 2.45. The van der Waals surface area contributed by atoms with Gasteiger partial charge in [0.15, 0.2) is 0 Å². The van der Waals surface area contributed by atoms with Crippen LogP contribution in [-0.2, 0) is 0 Å². The van der Waals surface area contributed by atoms with E-state index < -0.39 is 0 Å². The second kappa shape index (κ2) is 15.4. The monoisotopic (exact) mass is 925 g/mol. The minimum Gasteiger partial charge on any atom is -0.309 e. The van der Waals surface area contributed by atoms with E-state index in [0.29, 0.717) is 0 Å². The van der Waals surface area contributed by atoms with E-state index in [0.717, 1.165) is 17.1 Å². The molecule has 0 fully saturated rings. The summed E-state index contributed by atoms with van der Waals surface area (Å²) in [4.78, 5) is 0. The Morgan fingerprint density at radius 3 is 0.808 bits per heavy atom. The SMILES string of the molecule is c1ccc2c(c1)c1ccccc1n2-c1ccc(-c2ccc3ccc4c(-c5ccc(-n6c7ccccc7c7ccccc76)cc5)cc(-c5ccc(-n6c7ccccc7c7ccccc76)cc5)c5ccc2c3c45)cc1. The summed E-state index contributed by atoms with van der Waals surface area (Å²) in [7, 11) is 0. The zero-order valence-electron chi connectivity index (χ0n) is 39.7. The average molecular weight is 926 g/mol. The van der Waals surface area contributed by atoms with Crippen LogP contribution in [0.4, 0.5) is 0 Å². The van der Waals surface area contributed by atoms with Crippen molar-refractivity contribution in [2.45, 2.75) is 0 Å². The summed E-state index contributed by atoms with van der Waals surface area (Å²) in [5.41, 5.74) is 18.0. The number of rotatable bonds is 6. The first-order valence-electron chi connectivity index (χ1n) is 25.3. The van der Waals surface area contributed by atoms with Gasteiger partial charge in [-0.25, -0.2) is 0 Å². The number of hydrogen-bond donors (Lipinski definition) is 0. The maximum Gasteiger partial charge on any atom is 0.0541 e. The molecule has 0 amide bonds. The van der Waals surface area contributed by atoms with E-state index in [-0.39, 0.29) is 0 Å². The van der Waals surface area contributed by atoms with E-state index in [1.54, 1.807) is 0 Å². The zero-order valence-corrected chi connectivity index (χ0v) is 39.7. The molecule has 0 saturated carbocycles. The molecule has 0 aliphatic heterocycles. The van der Waals surface area contributed by atoms with Gasteiger partial charge in [0.1, 0.15) is 0 Å². The lowest BCUT2D eigenvalue weighted by molar-refractivity contribution is 1.18. The molecular weight excluding hydrogens is 883 g/mol. The van der Waals surface area contributed by atoms with Gasteiger partial charge in [-0.1, -0.05) is 182 Å².